The Labute approximate surface area is 93.0 Å². The zero-order valence-corrected chi connectivity index (χ0v) is 10.5. The van der Waals surface area contributed by atoms with E-state index < -0.39 is 7.14 Å². The molecule has 1 aromatic rings. The van der Waals surface area contributed by atoms with Crippen LogP contribution < -0.4 is 5.30 Å². The van der Waals surface area contributed by atoms with Gasteiger partial charge in [0.1, 0.15) is 0 Å². The van der Waals surface area contributed by atoms with Crippen LogP contribution in [0.4, 0.5) is 0 Å². The lowest BCUT2D eigenvalue weighted by Crippen LogP contribution is -2.03. The molecule has 74 valence electrons. The lowest BCUT2D eigenvalue weighted by atomic mass is 10.2. The fraction of sp³-hybridized carbons (Fsp3) is 0.0909. The Morgan fingerprint density at radius 1 is 1.36 bits per heavy atom. The van der Waals surface area contributed by atoms with E-state index in [1.54, 1.807) is 0 Å². The number of halogens is 1. The second-order valence-electron chi connectivity index (χ2n) is 3.03. The second-order valence-corrected chi connectivity index (χ2v) is 6.51. The van der Waals surface area contributed by atoms with Crippen molar-refractivity contribution in [3.63, 3.8) is 0 Å². The van der Waals surface area contributed by atoms with Gasteiger partial charge in [-0.15, -0.1) is 0 Å². The van der Waals surface area contributed by atoms with Gasteiger partial charge in [-0.25, -0.2) is 0 Å². The molecule has 0 aliphatic carbocycles. The van der Waals surface area contributed by atoms with Crippen LogP contribution in [0.1, 0.15) is 5.56 Å². The van der Waals surface area contributed by atoms with Gasteiger partial charge in [-0.3, -0.25) is 0 Å². The maximum absolute atomic E-state index is 12.3. The molecule has 0 unspecified atom stereocenters. The van der Waals surface area contributed by atoms with Gasteiger partial charge in [-0.05, 0) is 30.7 Å². The Bertz CT molecular complexity index is 411. The zero-order chi connectivity index (χ0) is 10.8. The normalized spacial score (nSPS) is 11.0. The van der Waals surface area contributed by atoms with Crippen molar-refractivity contribution in [2.75, 3.05) is 0 Å². The summed E-state index contributed by atoms with van der Waals surface area (Å²) in [5, 5.41) is 0.766. The van der Waals surface area contributed by atoms with Crippen molar-refractivity contribution >= 4 is 28.4 Å². The molecule has 0 bridgehead atoms. The number of hydrogen-bond acceptors (Lipinski definition) is 1. The van der Waals surface area contributed by atoms with Gasteiger partial charge in [0.2, 0.25) is 0 Å². The summed E-state index contributed by atoms with van der Waals surface area (Å²) < 4.78 is 13.1. The van der Waals surface area contributed by atoms with E-state index in [0.717, 1.165) is 15.3 Å². The second kappa shape index (κ2) is 4.29. The molecule has 0 aliphatic rings. The van der Waals surface area contributed by atoms with Crippen LogP contribution in [0.25, 0.3) is 0 Å². The van der Waals surface area contributed by atoms with Gasteiger partial charge in [0.05, 0.1) is 0 Å². The molecule has 1 aromatic carbocycles. The van der Waals surface area contributed by atoms with E-state index in [2.05, 4.69) is 29.1 Å². The minimum absolute atomic E-state index is 0.766. The minimum Gasteiger partial charge on any atom is -0.310 e. The van der Waals surface area contributed by atoms with Crippen LogP contribution in [0.2, 0.25) is 0 Å². The molecule has 0 aromatic heterocycles. The minimum atomic E-state index is -2.62. The van der Waals surface area contributed by atoms with Crippen LogP contribution >= 0.6 is 23.1 Å². The van der Waals surface area contributed by atoms with Gasteiger partial charge in [0.25, 0.3) is 0 Å². The first kappa shape index (κ1) is 11.5. The van der Waals surface area contributed by atoms with Gasteiger partial charge >= 0.3 is 0 Å². The predicted molar refractivity (Wildman–Crippen MR) is 66.5 cm³/mol. The first-order valence-corrected chi connectivity index (χ1v) is 6.80. The lowest BCUT2D eigenvalue weighted by Gasteiger charge is -2.11. The maximum Gasteiger partial charge on any atom is 0.157 e. The number of aryl methyl sites for hydroxylation is 1. The molecule has 0 radical (unpaired) electrons. The van der Waals surface area contributed by atoms with E-state index in [4.69, 9.17) is 0 Å². The smallest absolute Gasteiger partial charge is 0.157 e. The molecular weight excluding hydrogens is 259 g/mol. The average molecular weight is 271 g/mol. The highest BCUT2D eigenvalue weighted by Gasteiger charge is 2.19. The third kappa shape index (κ3) is 2.08. The molecule has 1 nitrogen and oxygen atoms in total. The monoisotopic (exact) mass is 270 g/mol. The van der Waals surface area contributed by atoms with Crippen LogP contribution in [0.3, 0.4) is 0 Å². The standard InChI is InChI=1S/C11H12BrOP/c1-4-14(13,5-2)11-8-9(3)6-7-10(11)12/h4-8H,1-2H2,3H3. The van der Waals surface area contributed by atoms with Crippen molar-refractivity contribution in [3.05, 3.63) is 53.0 Å². The van der Waals surface area contributed by atoms with Crippen LogP contribution in [-0.4, -0.2) is 0 Å². The van der Waals surface area contributed by atoms with Gasteiger partial charge in [0.15, 0.2) is 7.14 Å². The molecule has 0 amide bonds. The summed E-state index contributed by atoms with van der Waals surface area (Å²) in [5.41, 5.74) is 1.08. The fourth-order valence-electron chi connectivity index (χ4n) is 1.16. The Morgan fingerprint density at radius 2 is 1.93 bits per heavy atom. The van der Waals surface area contributed by atoms with Gasteiger partial charge in [-0.1, -0.05) is 40.7 Å². The van der Waals surface area contributed by atoms with Crippen molar-refractivity contribution in [1.82, 2.24) is 0 Å². The van der Waals surface area contributed by atoms with E-state index in [0.29, 0.717) is 0 Å². The first-order valence-electron chi connectivity index (χ1n) is 4.17. The Morgan fingerprint density at radius 3 is 2.43 bits per heavy atom. The topological polar surface area (TPSA) is 17.1 Å². The van der Waals surface area contributed by atoms with Gasteiger partial charge in [0, 0.05) is 9.78 Å². The SMILES string of the molecule is C=CP(=O)(C=C)c1cc(C)ccc1Br. The third-order valence-corrected chi connectivity index (χ3v) is 5.23. The Balaban J connectivity index is 3.44. The Hall–Kier alpha value is -0.590. The van der Waals surface area contributed by atoms with E-state index in [1.807, 2.05) is 25.1 Å². The molecule has 3 heteroatoms. The quantitative estimate of drug-likeness (QED) is 0.758. The molecule has 0 spiro atoms. The molecule has 1 rings (SSSR count). The summed E-state index contributed by atoms with van der Waals surface area (Å²) in [6, 6.07) is 5.75. The van der Waals surface area contributed by atoms with E-state index in [1.165, 1.54) is 11.6 Å². The lowest BCUT2D eigenvalue weighted by molar-refractivity contribution is 0.592. The number of rotatable bonds is 3. The molecule has 0 saturated heterocycles. The summed E-state index contributed by atoms with van der Waals surface area (Å²) in [5.74, 6) is 2.94. The molecule has 0 aliphatic heterocycles. The summed E-state index contributed by atoms with van der Waals surface area (Å²) in [4.78, 5) is 0. The maximum atomic E-state index is 12.3. The van der Waals surface area contributed by atoms with E-state index in [9.17, 15) is 4.57 Å². The molecule has 0 fully saturated rings. The van der Waals surface area contributed by atoms with Crippen LogP contribution in [0, 0.1) is 6.92 Å². The van der Waals surface area contributed by atoms with Crippen molar-refractivity contribution in [3.8, 4) is 0 Å². The highest BCUT2D eigenvalue weighted by Crippen LogP contribution is 2.48. The zero-order valence-electron chi connectivity index (χ0n) is 8.03. The summed E-state index contributed by atoms with van der Waals surface area (Å²) in [6.45, 7) is 9.16. The molecule has 0 heterocycles. The summed E-state index contributed by atoms with van der Waals surface area (Å²) >= 11 is 3.38. The molecule has 0 saturated carbocycles. The van der Waals surface area contributed by atoms with Crippen molar-refractivity contribution in [2.24, 2.45) is 0 Å². The molecular formula is C11H12BrOP. The van der Waals surface area contributed by atoms with Gasteiger partial charge in [-0.2, -0.15) is 0 Å². The number of benzene rings is 1. The third-order valence-electron chi connectivity index (χ3n) is 2.02. The van der Waals surface area contributed by atoms with Crippen molar-refractivity contribution < 1.29 is 4.57 Å². The molecule has 14 heavy (non-hydrogen) atoms. The van der Waals surface area contributed by atoms with Crippen molar-refractivity contribution in [2.45, 2.75) is 6.92 Å². The predicted octanol–water partition coefficient (Wildman–Crippen LogP) is 4.03. The highest BCUT2D eigenvalue weighted by atomic mass is 79.9. The first-order chi connectivity index (χ1) is 6.53. The van der Waals surface area contributed by atoms with Crippen molar-refractivity contribution in [1.29, 1.82) is 0 Å². The van der Waals surface area contributed by atoms with E-state index in [-0.39, 0.29) is 0 Å². The fourth-order valence-corrected chi connectivity index (χ4v) is 3.60. The largest absolute Gasteiger partial charge is 0.310 e. The summed E-state index contributed by atoms with van der Waals surface area (Å²) in [6.07, 6.45) is 0. The average Bonchev–Trinajstić information content (AvgIpc) is 2.20. The van der Waals surface area contributed by atoms with Crippen LogP contribution in [0.15, 0.2) is 47.5 Å². The van der Waals surface area contributed by atoms with Crippen LogP contribution in [-0.2, 0) is 4.57 Å². The van der Waals surface area contributed by atoms with Gasteiger partial charge < -0.3 is 4.57 Å². The highest BCUT2D eigenvalue weighted by molar-refractivity contribution is 9.10. The molecule has 0 atom stereocenters. The van der Waals surface area contributed by atoms with Crippen LogP contribution in [0.5, 0.6) is 0 Å². The molecule has 0 N–H and O–H groups in total. The van der Waals surface area contributed by atoms with E-state index >= 15 is 0 Å². The Kier molecular flexibility index (Phi) is 3.52. The summed E-state index contributed by atoms with van der Waals surface area (Å²) in [7, 11) is -2.62. The number of hydrogen-bond donors (Lipinski definition) is 0.